The van der Waals surface area contributed by atoms with Gasteiger partial charge >= 0.3 is 0 Å². The largest absolute Gasteiger partial charge is 0.495 e. The second-order valence-corrected chi connectivity index (χ2v) is 6.80. The van der Waals surface area contributed by atoms with Crippen molar-refractivity contribution in [2.24, 2.45) is 0 Å². The molecule has 0 atom stereocenters. The number of anilines is 1. The molecule has 7 heteroatoms. The molecule has 0 fully saturated rings. The minimum atomic E-state index is -0.348. The van der Waals surface area contributed by atoms with Crippen molar-refractivity contribution >= 4 is 45.0 Å². The molecule has 29 heavy (non-hydrogen) atoms. The summed E-state index contributed by atoms with van der Waals surface area (Å²) in [6.07, 6.45) is 0. The van der Waals surface area contributed by atoms with Crippen LogP contribution in [0, 0.1) is 0 Å². The van der Waals surface area contributed by atoms with Gasteiger partial charge in [-0.05, 0) is 48.5 Å². The van der Waals surface area contributed by atoms with Crippen molar-refractivity contribution < 1.29 is 14.3 Å². The summed E-state index contributed by atoms with van der Waals surface area (Å²) >= 11 is 6.06. The SMILES string of the molecule is COc1ccc(NC(=O)COc2ccc3[nH]c4ccccc4c(=O)c3c2)cc1Cl. The molecule has 4 rings (SSSR count). The third-order valence-corrected chi connectivity index (χ3v) is 4.78. The van der Waals surface area contributed by atoms with Gasteiger partial charge in [0.05, 0.1) is 17.6 Å². The first-order valence-corrected chi connectivity index (χ1v) is 9.24. The average Bonchev–Trinajstić information content (AvgIpc) is 2.73. The molecule has 1 heterocycles. The van der Waals surface area contributed by atoms with E-state index in [-0.39, 0.29) is 17.9 Å². The number of carbonyl (C=O) groups is 1. The van der Waals surface area contributed by atoms with Gasteiger partial charge in [-0.25, -0.2) is 0 Å². The Morgan fingerprint density at radius 2 is 1.83 bits per heavy atom. The van der Waals surface area contributed by atoms with Gasteiger partial charge in [0.1, 0.15) is 11.5 Å². The van der Waals surface area contributed by atoms with Gasteiger partial charge in [0.2, 0.25) is 0 Å². The highest BCUT2D eigenvalue weighted by molar-refractivity contribution is 6.32. The van der Waals surface area contributed by atoms with Crippen LogP contribution < -0.4 is 20.2 Å². The third-order valence-electron chi connectivity index (χ3n) is 4.48. The molecular formula is C22H17ClN2O4. The molecule has 146 valence electrons. The summed E-state index contributed by atoms with van der Waals surface area (Å²) in [5.41, 5.74) is 1.93. The van der Waals surface area contributed by atoms with Crippen molar-refractivity contribution in [1.29, 1.82) is 0 Å². The number of H-pyrrole nitrogens is 1. The topological polar surface area (TPSA) is 80.4 Å². The van der Waals surface area contributed by atoms with Crippen LogP contribution in [-0.2, 0) is 4.79 Å². The zero-order chi connectivity index (χ0) is 20.4. The van der Waals surface area contributed by atoms with Gasteiger partial charge < -0.3 is 19.8 Å². The molecule has 0 aliphatic rings. The highest BCUT2D eigenvalue weighted by atomic mass is 35.5. The zero-order valence-corrected chi connectivity index (χ0v) is 16.2. The Morgan fingerprint density at radius 3 is 2.62 bits per heavy atom. The number of rotatable bonds is 5. The third kappa shape index (κ3) is 3.88. The molecule has 0 saturated carbocycles. The molecule has 2 N–H and O–H groups in total. The molecule has 0 spiro atoms. The van der Waals surface area contributed by atoms with Gasteiger partial charge in [-0.1, -0.05) is 23.7 Å². The minimum Gasteiger partial charge on any atom is -0.495 e. The van der Waals surface area contributed by atoms with E-state index in [2.05, 4.69) is 10.3 Å². The number of carbonyl (C=O) groups excluding carboxylic acids is 1. The lowest BCUT2D eigenvalue weighted by Gasteiger charge is -2.10. The molecular weight excluding hydrogens is 392 g/mol. The molecule has 0 radical (unpaired) electrons. The van der Waals surface area contributed by atoms with Crippen LogP contribution in [0.3, 0.4) is 0 Å². The summed E-state index contributed by atoms with van der Waals surface area (Å²) in [6, 6.07) is 17.4. The highest BCUT2D eigenvalue weighted by Crippen LogP contribution is 2.27. The van der Waals surface area contributed by atoms with Crippen LogP contribution in [0.2, 0.25) is 5.02 Å². The van der Waals surface area contributed by atoms with Crippen molar-refractivity contribution in [2.75, 3.05) is 19.0 Å². The van der Waals surface area contributed by atoms with Gasteiger partial charge in [-0.15, -0.1) is 0 Å². The van der Waals surface area contributed by atoms with E-state index >= 15 is 0 Å². The number of ether oxygens (including phenoxy) is 2. The maximum atomic E-state index is 12.7. The quantitative estimate of drug-likeness (QED) is 0.481. The fourth-order valence-corrected chi connectivity index (χ4v) is 3.34. The molecule has 0 aliphatic heterocycles. The van der Waals surface area contributed by atoms with E-state index in [9.17, 15) is 9.59 Å². The van der Waals surface area contributed by atoms with Crippen LogP contribution in [0.5, 0.6) is 11.5 Å². The number of methoxy groups -OCH3 is 1. The van der Waals surface area contributed by atoms with Gasteiger partial charge in [-0.3, -0.25) is 9.59 Å². The summed E-state index contributed by atoms with van der Waals surface area (Å²) in [7, 11) is 1.52. The van der Waals surface area contributed by atoms with Crippen molar-refractivity contribution in [3.8, 4) is 11.5 Å². The molecule has 3 aromatic carbocycles. The minimum absolute atomic E-state index is 0.0860. The second-order valence-electron chi connectivity index (χ2n) is 6.39. The van der Waals surface area contributed by atoms with Crippen LogP contribution in [-0.4, -0.2) is 24.6 Å². The van der Waals surface area contributed by atoms with Gasteiger partial charge in [0, 0.05) is 22.0 Å². The van der Waals surface area contributed by atoms with E-state index in [0.717, 1.165) is 5.52 Å². The van der Waals surface area contributed by atoms with Gasteiger partial charge in [0.15, 0.2) is 12.0 Å². The van der Waals surface area contributed by atoms with Crippen LogP contribution in [0.15, 0.2) is 65.5 Å². The van der Waals surface area contributed by atoms with Crippen molar-refractivity contribution in [1.82, 2.24) is 4.98 Å². The number of nitrogens with one attached hydrogen (secondary N) is 2. The number of aromatic amines is 1. The van der Waals surface area contributed by atoms with Crippen LogP contribution in [0.25, 0.3) is 21.8 Å². The van der Waals surface area contributed by atoms with E-state index < -0.39 is 0 Å². The van der Waals surface area contributed by atoms with Gasteiger partial charge in [-0.2, -0.15) is 0 Å². The number of para-hydroxylation sites is 1. The Kier molecular flexibility index (Phi) is 5.10. The summed E-state index contributed by atoms with van der Waals surface area (Å²) in [4.78, 5) is 28.1. The number of fused-ring (bicyclic) bond motifs is 2. The Hall–Kier alpha value is -3.51. The standard InChI is InChI=1S/C22H17ClN2O4/c1-28-20-9-6-13(10-17(20)23)24-21(26)12-29-14-7-8-19-16(11-14)22(27)15-4-2-3-5-18(15)25-19/h2-11H,12H2,1H3,(H,24,26)(H,25,27). The number of pyridine rings is 1. The Bertz CT molecular complexity index is 1280. The number of hydrogen-bond donors (Lipinski definition) is 2. The highest BCUT2D eigenvalue weighted by Gasteiger charge is 2.09. The smallest absolute Gasteiger partial charge is 0.262 e. The number of hydrogen-bond acceptors (Lipinski definition) is 4. The molecule has 6 nitrogen and oxygen atoms in total. The van der Waals surface area contributed by atoms with Crippen LogP contribution >= 0.6 is 11.6 Å². The molecule has 1 aromatic heterocycles. The van der Waals surface area contributed by atoms with E-state index in [1.807, 2.05) is 18.2 Å². The first-order valence-electron chi connectivity index (χ1n) is 8.86. The first-order chi connectivity index (χ1) is 14.0. The summed E-state index contributed by atoms with van der Waals surface area (Å²) < 4.78 is 10.7. The molecule has 0 bridgehead atoms. The van der Waals surface area contributed by atoms with Crippen molar-refractivity contribution in [2.45, 2.75) is 0 Å². The Morgan fingerprint density at radius 1 is 1.03 bits per heavy atom. The number of halogens is 1. The van der Waals surface area contributed by atoms with E-state index in [1.54, 1.807) is 42.5 Å². The Labute approximate surface area is 171 Å². The summed E-state index contributed by atoms with van der Waals surface area (Å²) in [6.45, 7) is -0.208. The predicted octanol–water partition coefficient (Wildman–Crippen LogP) is 4.36. The van der Waals surface area contributed by atoms with E-state index in [1.165, 1.54) is 7.11 Å². The number of benzene rings is 3. The maximum absolute atomic E-state index is 12.7. The fraction of sp³-hybridized carbons (Fsp3) is 0.0909. The lowest BCUT2D eigenvalue weighted by Crippen LogP contribution is -2.20. The first kappa shape index (κ1) is 18.8. The van der Waals surface area contributed by atoms with Crippen LogP contribution in [0.4, 0.5) is 5.69 Å². The van der Waals surface area contributed by atoms with Crippen molar-refractivity contribution in [3.05, 3.63) is 75.9 Å². The average molecular weight is 409 g/mol. The monoisotopic (exact) mass is 408 g/mol. The molecule has 0 unspecified atom stereocenters. The van der Waals surface area contributed by atoms with Crippen molar-refractivity contribution in [3.63, 3.8) is 0 Å². The zero-order valence-electron chi connectivity index (χ0n) is 15.5. The van der Waals surface area contributed by atoms with Crippen LogP contribution in [0.1, 0.15) is 0 Å². The van der Waals surface area contributed by atoms with E-state index in [4.69, 9.17) is 21.1 Å². The number of aromatic nitrogens is 1. The lowest BCUT2D eigenvalue weighted by atomic mass is 10.1. The van der Waals surface area contributed by atoms with Gasteiger partial charge in [0.25, 0.3) is 5.91 Å². The fourth-order valence-electron chi connectivity index (χ4n) is 3.08. The Balaban J connectivity index is 1.50. The molecule has 0 saturated heterocycles. The summed E-state index contributed by atoms with van der Waals surface area (Å²) in [5, 5.41) is 4.21. The molecule has 0 aliphatic carbocycles. The second kappa shape index (κ2) is 7.85. The summed E-state index contributed by atoms with van der Waals surface area (Å²) in [5.74, 6) is 0.606. The lowest BCUT2D eigenvalue weighted by molar-refractivity contribution is -0.118. The predicted molar refractivity (Wildman–Crippen MR) is 114 cm³/mol. The molecule has 4 aromatic rings. The number of amides is 1. The molecule has 1 amide bonds. The van der Waals surface area contributed by atoms with E-state index in [0.29, 0.717) is 38.5 Å². The maximum Gasteiger partial charge on any atom is 0.262 e. The normalized spacial score (nSPS) is 10.8.